The van der Waals surface area contributed by atoms with Gasteiger partial charge in [-0.15, -0.1) is 0 Å². The standard InChI is InChI=1S/C17H14ClN3/c1-11(2)21-16-7-6-12(10-19)8-15(16)20-17(21)13-4-3-5-14(18)9-13/h3-9,11H,1-2H3. The Bertz CT molecular complexity index is 856. The van der Waals surface area contributed by atoms with Crippen LogP contribution < -0.4 is 0 Å². The molecule has 0 N–H and O–H groups in total. The number of benzene rings is 2. The molecule has 3 rings (SSSR count). The van der Waals surface area contributed by atoms with Gasteiger partial charge in [0.25, 0.3) is 0 Å². The van der Waals surface area contributed by atoms with Crippen molar-refractivity contribution in [2.24, 2.45) is 0 Å². The van der Waals surface area contributed by atoms with Gasteiger partial charge in [0.15, 0.2) is 0 Å². The van der Waals surface area contributed by atoms with Gasteiger partial charge in [-0.05, 0) is 44.2 Å². The Kier molecular flexibility index (Phi) is 3.40. The Labute approximate surface area is 128 Å². The molecule has 4 heteroatoms. The highest BCUT2D eigenvalue weighted by Crippen LogP contribution is 2.30. The molecule has 3 aromatic rings. The predicted molar refractivity (Wildman–Crippen MR) is 85.3 cm³/mol. The Hall–Kier alpha value is -2.31. The van der Waals surface area contributed by atoms with Gasteiger partial charge in [0.05, 0.1) is 22.7 Å². The summed E-state index contributed by atoms with van der Waals surface area (Å²) in [6, 6.07) is 15.7. The average molecular weight is 296 g/mol. The minimum Gasteiger partial charge on any atom is -0.321 e. The summed E-state index contributed by atoms with van der Waals surface area (Å²) in [4.78, 5) is 4.71. The smallest absolute Gasteiger partial charge is 0.141 e. The van der Waals surface area contributed by atoms with Crippen LogP contribution in [0.3, 0.4) is 0 Å². The molecule has 0 amide bonds. The number of nitrogens with zero attached hydrogens (tertiary/aromatic N) is 3. The monoisotopic (exact) mass is 295 g/mol. The lowest BCUT2D eigenvalue weighted by atomic mass is 10.2. The topological polar surface area (TPSA) is 41.6 Å². The number of halogens is 1. The Morgan fingerprint density at radius 1 is 1.19 bits per heavy atom. The van der Waals surface area contributed by atoms with E-state index in [2.05, 4.69) is 24.5 Å². The van der Waals surface area contributed by atoms with E-state index in [1.54, 1.807) is 0 Å². The van der Waals surface area contributed by atoms with E-state index in [0.29, 0.717) is 10.6 Å². The van der Waals surface area contributed by atoms with Crippen LogP contribution in [0.5, 0.6) is 0 Å². The molecular weight excluding hydrogens is 282 g/mol. The van der Waals surface area contributed by atoms with E-state index in [-0.39, 0.29) is 6.04 Å². The van der Waals surface area contributed by atoms with Gasteiger partial charge in [-0.25, -0.2) is 4.98 Å². The van der Waals surface area contributed by atoms with E-state index >= 15 is 0 Å². The summed E-state index contributed by atoms with van der Waals surface area (Å²) in [5, 5.41) is 9.72. The van der Waals surface area contributed by atoms with E-state index in [1.807, 2.05) is 42.5 Å². The summed E-state index contributed by atoms with van der Waals surface area (Å²) < 4.78 is 2.17. The van der Waals surface area contributed by atoms with Crippen LogP contribution in [0.4, 0.5) is 0 Å². The van der Waals surface area contributed by atoms with Crippen molar-refractivity contribution in [3.63, 3.8) is 0 Å². The van der Waals surface area contributed by atoms with E-state index in [0.717, 1.165) is 22.4 Å². The number of rotatable bonds is 2. The third kappa shape index (κ3) is 2.39. The van der Waals surface area contributed by atoms with E-state index in [9.17, 15) is 0 Å². The average Bonchev–Trinajstić information content (AvgIpc) is 2.85. The molecule has 0 bridgehead atoms. The van der Waals surface area contributed by atoms with Gasteiger partial charge in [0.2, 0.25) is 0 Å². The Balaban J connectivity index is 2.31. The first-order valence-corrected chi connectivity index (χ1v) is 7.16. The maximum absolute atomic E-state index is 9.03. The predicted octanol–water partition coefficient (Wildman–Crippen LogP) is 4.81. The summed E-state index contributed by atoms with van der Waals surface area (Å²) in [5.74, 6) is 0.873. The van der Waals surface area contributed by atoms with Crippen molar-refractivity contribution in [1.82, 2.24) is 9.55 Å². The summed E-state index contributed by atoms with van der Waals surface area (Å²) in [6.07, 6.45) is 0. The summed E-state index contributed by atoms with van der Waals surface area (Å²) >= 11 is 6.09. The molecule has 0 spiro atoms. The Morgan fingerprint density at radius 2 is 2.00 bits per heavy atom. The number of hydrogen-bond donors (Lipinski definition) is 0. The fraction of sp³-hybridized carbons (Fsp3) is 0.176. The van der Waals surface area contributed by atoms with Crippen molar-refractivity contribution >= 4 is 22.6 Å². The molecule has 0 saturated carbocycles. The second-order valence-electron chi connectivity index (χ2n) is 5.22. The van der Waals surface area contributed by atoms with Crippen molar-refractivity contribution in [2.75, 3.05) is 0 Å². The second kappa shape index (κ2) is 5.23. The van der Waals surface area contributed by atoms with Crippen LogP contribution in [-0.4, -0.2) is 9.55 Å². The first-order valence-electron chi connectivity index (χ1n) is 6.78. The molecule has 1 heterocycles. The van der Waals surface area contributed by atoms with Crippen LogP contribution in [-0.2, 0) is 0 Å². The third-order valence-corrected chi connectivity index (χ3v) is 3.65. The van der Waals surface area contributed by atoms with Gasteiger partial charge in [-0.1, -0.05) is 23.7 Å². The van der Waals surface area contributed by atoms with E-state index in [1.165, 1.54) is 0 Å². The number of nitriles is 1. The zero-order chi connectivity index (χ0) is 15.0. The molecule has 104 valence electrons. The summed E-state index contributed by atoms with van der Waals surface area (Å²) in [5.41, 5.74) is 3.45. The SMILES string of the molecule is CC(C)n1c(-c2cccc(Cl)c2)nc2cc(C#N)ccc21. The van der Waals surface area contributed by atoms with Crippen LogP contribution in [0.1, 0.15) is 25.5 Å². The van der Waals surface area contributed by atoms with Crippen LogP contribution in [0, 0.1) is 11.3 Å². The minimum atomic E-state index is 0.261. The first kappa shape index (κ1) is 13.7. The highest BCUT2D eigenvalue weighted by molar-refractivity contribution is 6.30. The molecule has 3 nitrogen and oxygen atoms in total. The van der Waals surface area contributed by atoms with E-state index in [4.69, 9.17) is 21.8 Å². The van der Waals surface area contributed by atoms with Gasteiger partial charge in [0.1, 0.15) is 5.82 Å². The number of aromatic nitrogens is 2. The number of imidazole rings is 1. The highest BCUT2D eigenvalue weighted by atomic mass is 35.5. The van der Waals surface area contributed by atoms with Crippen molar-refractivity contribution < 1.29 is 0 Å². The molecule has 0 aliphatic carbocycles. The fourth-order valence-corrected chi connectivity index (χ4v) is 2.71. The van der Waals surface area contributed by atoms with Crippen molar-refractivity contribution in [1.29, 1.82) is 5.26 Å². The third-order valence-electron chi connectivity index (χ3n) is 3.42. The first-order chi connectivity index (χ1) is 10.1. The molecule has 0 fully saturated rings. The largest absolute Gasteiger partial charge is 0.321 e. The molecule has 0 aliphatic rings. The van der Waals surface area contributed by atoms with Gasteiger partial charge in [0, 0.05) is 16.6 Å². The Morgan fingerprint density at radius 3 is 2.67 bits per heavy atom. The second-order valence-corrected chi connectivity index (χ2v) is 5.66. The van der Waals surface area contributed by atoms with Crippen molar-refractivity contribution in [2.45, 2.75) is 19.9 Å². The quantitative estimate of drug-likeness (QED) is 0.681. The van der Waals surface area contributed by atoms with Crippen LogP contribution in [0.15, 0.2) is 42.5 Å². The molecule has 0 saturated heterocycles. The lowest BCUT2D eigenvalue weighted by molar-refractivity contribution is 0.624. The molecule has 1 aromatic heterocycles. The molecule has 0 unspecified atom stereocenters. The van der Waals surface area contributed by atoms with Crippen molar-refractivity contribution in [3.05, 3.63) is 53.1 Å². The minimum absolute atomic E-state index is 0.261. The molecule has 21 heavy (non-hydrogen) atoms. The van der Waals surface area contributed by atoms with Crippen molar-refractivity contribution in [3.8, 4) is 17.5 Å². The maximum atomic E-state index is 9.03. The zero-order valence-electron chi connectivity index (χ0n) is 11.8. The molecule has 0 radical (unpaired) electrons. The normalized spacial score (nSPS) is 11.0. The molecule has 0 aliphatic heterocycles. The lowest BCUT2D eigenvalue weighted by Gasteiger charge is -2.13. The van der Waals surface area contributed by atoms with Crippen LogP contribution in [0.25, 0.3) is 22.4 Å². The molecular formula is C17H14ClN3. The molecule has 2 aromatic carbocycles. The van der Waals surface area contributed by atoms with Gasteiger partial charge in [-0.3, -0.25) is 0 Å². The number of fused-ring (bicyclic) bond motifs is 1. The van der Waals surface area contributed by atoms with Gasteiger partial charge >= 0.3 is 0 Å². The van der Waals surface area contributed by atoms with E-state index < -0.39 is 0 Å². The van der Waals surface area contributed by atoms with Gasteiger partial charge < -0.3 is 4.57 Å². The molecule has 0 atom stereocenters. The number of hydrogen-bond acceptors (Lipinski definition) is 2. The lowest BCUT2D eigenvalue weighted by Crippen LogP contribution is -2.03. The van der Waals surface area contributed by atoms with Crippen LogP contribution in [0.2, 0.25) is 5.02 Å². The highest BCUT2D eigenvalue weighted by Gasteiger charge is 2.15. The summed E-state index contributed by atoms with van der Waals surface area (Å²) in [7, 11) is 0. The van der Waals surface area contributed by atoms with Gasteiger partial charge in [-0.2, -0.15) is 5.26 Å². The zero-order valence-corrected chi connectivity index (χ0v) is 12.6. The summed E-state index contributed by atoms with van der Waals surface area (Å²) in [6.45, 7) is 4.24. The maximum Gasteiger partial charge on any atom is 0.141 e. The van der Waals surface area contributed by atoms with Crippen LogP contribution >= 0.6 is 11.6 Å². The fourth-order valence-electron chi connectivity index (χ4n) is 2.52.